The van der Waals surface area contributed by atoms with Crippen LogP contribution < -0.4 is 10.3 Å². The average molecular weight is 151 g/mol. The maximum absolute atomic E-state index is 10.8. The van der Waals surface area contributed by atoms with Gasteiger partial charge in [0.2, 0.25) is 0 Å². The Morgan fingerprint density at radius 1 is 1.64 bits per heavy atom. The molecule has 0 saturated carbocycles. The van der Waals surface area contributed by atoms with E-state index in [1.807, 2.05) is 13.0 Å². The van der Waals surface area contributed by atoms with Crippen LogP contribution in [0.1, 0.15) is 12.5 Å². The summed E-state index contributed by atoms with van der Waals surface area (Å²) >= 11 is 0. The summed E-state index contributed by atoms with van der Waals surface area (Å²) in [5, 5.41) is 0. The molecule has 3 nitrogen and oxygen atoms in total. The first-order valence-corrected chi connectivity index (χ1v) is 3.64. The molecule has 0 bridgehead atoms. The van der Waals surface area contributed by atoms with E-state index in [9.17, 15) is 4.79 Å². The molecule has 0 saturated heterocycles. The minimum absolute atomic E-state index is 0.0992. The van der Waals surface area contributed by atoms with Crippen LogP contribution in [-0.4, -0.2) is 11.1 Å². The SMILES string of the molecule is CC1Cc2ccc(=O)[nH]c2O1. The topological polar surface area (TPSA) is 42.1 Å². The standard InChI is InChI=1S/C8H9NO2/c1-5-4-6-2-3-7(10)9-8(6)11-5/h2-3,5H,4H2,1H3,(H,9,10). The first-order valence-electron chi connectivity index (χ1n) is 3.64. The Morgan fingerprint density at radius 3 is 3.27 bits per heavy atom. The highest BCUT2D eigenvalue weighted by Gasteiger charge is 2.18. The van der Waals surface area contributed by atoms with Gasteiger partial charge in [-0.3, -0.25) is 9.78 Å². The summed E-state index contributed by atoms with van der Waals surface area (Å²) in [6.45, 7) is 1.98. The third-order valence-electron chi connectivity index (χ3n) is 1.79. The zero-order valence-corrected chi connectivity index (χ0v) is 6.26. The Labute approximate surface area is 64.0 Å². The fourth-order valence-corrected chi connectivity index (χ4v) is 1.30. The van der Waals surface area contributed by atoms with Gasteiger partial charge in [0.15, 0.2) is 5.88 Å². The number of pyridine rings is 1. The van der Waals surface area contributed by atoms with Crippen molar-refractivity contribution in [3.05, 3.63) is 28.0 Å². The minimum Gasteiger partial charge on any atom is -0.475 e. The quantitative estimate of drug-likeness (QED) is 0.593. The molecule has 1 aliphatic rings. The molecule has 1 aromatic heterocycles. The predicted octanol–water partition coefficient (Wildman–Crippen LogP) is 0.698. The maximum atomic E-state index is 10.8. The van der Waals surface area contributed by atoms with E-state index in [2.05, 4.69) is 4.98 Å². The summed E-state index contributed by atoms with van der Waals surface area (Å²) in [4.78, 5) is 13.4. The monoisotopic (exact) mass is 151 g/mol. The number of nitrogens with one attached hydrogen (secondary N) is 1. The van der Waals surface area contributed by atoms with Crippen LogP contribution in [0.3, 0.4) is 0 Å². The molecule has 3 heteroatoms. The molecule has 2 heterocycles. The van der Waals surface area contributed by atoms with Gasteiger partial charge in [-0.25, -0.2) is 0 Å². The first kappa shape index (κ1) is 6.46. The van der Waals surface area contributed by atoms with Crippen LogP contribution in [0.5, 0.6) is 5.88 Å². The molecule has 0 fully saturated rings. The Balaban J connectivity index is 2.51. The van der Waals surface area contributed by atoms with Gasteiger partial charge < -0.3 is 4.74 Å². The lowest BCUT2D eigenvalue weighted by molar-refractivity contribution is 0.246. The number of aromatic nitrogens is 1. The normalized spacial score (nSPS) is 21.0. The predicted molar refractivity (Wildman–Crippen MR) is 40.9 cm³/mol. The molecule has 2 rings (SSSR count). The molecule has 58 valence electrons. The van der Waals surface area contributed by atoms with E-state index in [0.717, 1.165) is 12.0 Å². The van der Waals surface area contributed by atoms with Crippen molar-refractivity contribution in [1.82, 2.24) is 4.98 Å². The largest absolute Gasteiger partial charge is 0.475 e. The average Bonchev–Trinajstić information content (AvgIpc) is 2.27. The van der Waals surface area contributed by atoms with Gasteiger partial charge in [-0.1, -0.05) is 0 Å². The summed E-state index contributed by atoms with van der Waals surface area (Å²) < 4.78 is 5.33. The van der Waals surface area contributed by atoms with Gasteiger partial charge in [-0.2, -0.15) is 0 Å². The van der Waals surface area contributed by atoms with Gasteiger partial charge in [-0.05, 0) is 13.0 Å². The van der Waals surface area contributed by atoms with Crippen LogP contribution >= 0.6 is 0 Å². The highest BCUT2D eigenvalue weighted by molar-refractivity contribution is 5.29. The van der Waals surface area contributed by atoms with Gasteiger partial charge in [0.25, 0.3) is 5.56 Å². The lowest BCUT2D eigenvalue weighted by atomic mass is 10.2. The smallest absolute Gasteiger partial charge is 0.250 e. The van der Waals surface area contributed by atoms with Crippen LogP contribution in [-0.2, 0) is 6.42 Å². The molecular formula is C8H9NO2. The Hall–Kier alpha value is -1.25. The van der Waals surface area contributed by atoms with E-state index >= 15 is 0 Å². The number of rotatable bonds is 0. The Kier molecular flexibility index (Phi) is 1.24. The zero-order valence-electron chi connectivity index (χ0n) is 6.26. The second kappa shape index (κ2) is 2.12. The fourth-order valence-electron chi connectivity index (χ4n) is 1.30. The van der Waals surface area contributed by atoms with Crippen molar-refractivity contribution in [2.24, 2.45) is 0 Å². The molecule has 1 aliphatic heterocycles. The van der Waals surface area contributed by atoms with Gasteiger partial charge >= 0.3 is 0 Å². The number of H-pyrrole nitrogens is 1. The van der Waals surface area contributed by atoms with Gasteiger partial charge in [-0.15, -0.1) is 0 Å². The molecular weight excluding hydrogens is 142 g/mol. The number of hydrogen-bond donors (Lipinski definition) is 1. The Bertz CT molecular complexity index is 329. The van der Waals surface area contributed by atoms with Crippen molar-refractivity contribution < 1.29 is 4.74 Å². The van der Waals surface area contributed by atoms with E-state index in [0.29, 0.717) is 5.88 Å². The van der Waals surface area contributed by atoms with E-state index in [-0.39, 0.29) is 11.7 Å². The van der Waals surface area contributed by atoms with Crippen LogP contribution in [0.25, 0.3) is 0 Å². The molecule has 11 heavy (non-hydrogen) atoms. The number of ether oxygens (including phenoxy) is 1. The molecule has 0 aliphatic carbocycles. The minimum atomic E-state index is -0.0992. The fraction of sp³-hybridized carbons (Fsp3) is 0.375. The highest BCUT2D eigenvalue weighted by atomic mass is 16.5. The van der Waals surface area contributed by atoms with E-state index in [4.69, 9.17) is 4.74 Å². The lowest BCUT2D eigenvalue weighted by Gasteiger charge is -2.00. The zero-order chi connectivity index (χ0) is 7.84. The molecule has 1 N–H and O–H groups in total. The lowest BCUT2D eigenvalue weighted by Crippen LogP contribution is -2.07. The van der Waals surface area contributed by atoms with E-state index in [1.165, 1.54) is 6.07 Å². The van der Waals surface area contributed by atoms with Crippen molar-refractivity contribution in [3.63, 3.8) is 0 Å². The maximum Gasteiger partial charge on any atom is 0.250 e. The molecule has 0 amide bonds. The van der Waals surface area contributed by atoms with Crippen molar-refractivity contribution >= 4 is 0 Å². The second-order valence-corrected chi connectivity index (χ2v) is 2.81. The number of hydrogen-bond acceptors (Lipinski definition) is 2. The van der Waals surface area contributed by atoms with E-state index in [1.54, 1.807) is 0 Å². The van der Waals surface area contributed by atoms with Crippen LogP contribution in [0.4, 0.5) is 0 Å². The second-order valence-electron chi connectivity index (χ2n) is 2.81. The van der Waals surface area contributed by atoms with Crippen LogP contribution in [0.15, 0.2) is 16.9 Å². The van der Waals surface area contributed by atoms with Gasteiger partial charge in [0, 0.05) is 18.1 Å². The first-order chi connectivity index (χ1) is 5.25. The van der Waals surface area contributed by atoms with Crippen molar-refractivity contribution in [1.29, 1.82) is 0 Å². The summed E-state index contributed by atoms with van der Waals surface area (Å²) in [6, 6.07) is 3.35. The molecule has 0 radical (unpaired) electrons. The van der Waals surface area contributed by atoms with Crippen molar-refractivity contribution in [2.75, 3.05) is 0 Å². The number of aromatic amines is 1. The van der Waals surface area contributed by atoms with Crippen molar-refractivity contribution in [2.45, 2.75) is 19.4 Å². The summed E-state index contributed by atoms with van der Waals surface area (Å²) in [7, 11) is 0. The van der Waals surface area contributed by atoms with E-state index < -0.39 is 0 Å². The van der Waals surface area contributed by atoms with Gasteiger partial charge in [0.05, 0.1) is 0 Å². The van der Waals surface area contributed by atoms with Gasteiger partial charge in [0.1, 0.15) is 6.10 Å². The molecule has 0 spiro atoms. The van der Waals surface area contributed by atoms with Crippen LogP contribution in [0.2, 0.25) is 0 Å². The van der Waals surface area contributed by atoms with Crippen LogP contribution in [0, 0.1) is 0 Å². The number of fused-ring (bicyclic) bond motifs is 1. The molecule has 1 atom stereocenters. The molecule has 1 aromatic rings. The summed E-state index contributed by atoms with van der Waals surface area (Å²) in [5.74, 6) is 0.644. The molecule has 1 unspecified atom stereocenters. The van der Waals surface area contributed by atoms with Crippen molar-refractivity contribution in [3.8, 4) is 5.88 Å². The third kappa shape index (κ3) is 1.02. The highest BCUT2D eigenvalue weighted by Crippen LogP contribution is 2.23. The summed E-state index contributed by atoms with van der Waals surface area (Å²) in [5.41, 5.74) is 0.995. The summed E-state index contributed by atoms with van der Waals surface area (Å²) in [6.07, 6.45) is 1.09. The molecule has 0 aromatic carbocycles. The third-order valence-corrected chi connectivity index (χ3v) is 1.79. The Morgan fingerprint density at radius 2 is 2.45 bits per heavy atom.